The molecule has 0 atom stereocenters. The first-order chi connectivity index (χ1) is 14.7. The molecule has 0 bridgehead atoms. The highest BCUT2D eigenvalue weighted by Crippen LogP contribution is 2.31. The number of ether oxygens (including phenoxy) is 1. The third kappa shape index (κ3) is 5.84. The van der Waals surface area contributed by atoms with Gasteiger partial charge in [0.2, 0.25) is 0 Å². The third-order valence-corrected chi connectivity index (χ3v) is 5.55. The second kappa shape index (κ2) is 11.4. The van der Waals surface area contributed by atoms with Crippen molar-refractivity contribution in [3.63, 3.8) is 0 Å². The molecule has 3 aromatic rings. The van der Waals surface area contributed by atoms with E-state index < -0.39 is 0 Å². The van der Waals surface area contributed by atoms with Crippen LogP contribution in [0.4, 0.5) is 0 Å². The van der Waals surface area contributed by atoms with Crippen molar-refractivity contribution in [2.24, 2.45) is 0 Å². The molecule has 0 N–H and O–H groups in total. The van der Waals surface area contributed by atoms with Crippen molar-refractivity contribution in [2.75, 3.05) is 19.8 Å². The summed E-state index contributed by atoms with van der Waals surface area (Å²) in [5.41, 5.74) is 6.63. The minimum Gasteiger partial charge on any atom is -0.478 e. The van der Waals surface area contributed by atoms with Crippen LogP contribution in [0, 0.1) is 0 Å². The van der Waals surface area contributed by atoms with Crippen molar-refractivity contribution in [1.82, 2.24) is 4.90 Å². The van der Waals surface area contributed by atoms with Crippen molar-refractivity contribution in [1.29, 1.82) is 0 Å². The predicted molar refractivity (Wildman–Crippen MR) is 128 cm³/mol. The Morgan fingerprint density at radius 2 is 1.27 bits per heavy atom. The molecule has 3 aromatic carbocycles. The molecule has 0 aliphatic carbocycles. The average molecular weight is 400 g/mol. The fourth-order valence-corrected chi connectivity index (χ4v) is 3.70. The van der Waals surface area contributed by atoms with Gasteiger partial charge in [-0.2, -0.15) is 0 Å². The largest absolute Gasteiger partial charge is 0.478 e. The van der Waals surface area contributed by atoms with Crippen molar-refractivity contribution in [3.05, 3.63) is 107 Å². The highest BCUT2D eigenvalue weighted by atomic mass is 16.5. The van der Waals surface area contributed by atoms with Crippen molar-refractivity contribution in [3.8, 4) is 5.75 Å². The second-order valence-electron chi connectivity index (χ2n) is 7.46. The molecule has 2 nitrogen and oxygen atoms in total. The molecule has 0 aliphatic rings. The topological polar surface area (TPSA) is 12.5 Å². The van der Waals surface area contributed by atoms with Gasteiger partial charge in [-0.05, 0) is 60.3 Å². The standard InChI is InChI=1S/C28H33NO/c1-4-24(21-23-13-9-7-10-14-23)28(25-15-11-8-12-16-25)26-17-19-27(20-18-26)30-22-29(5-2)6-3/h7-20H,4-6,21-22H2,1-3H3/b28-24-. The average Bonchev–Trinajstić information content (AvgIpc) is 2.81. The molecule has 0 saturated carbocycles. The van der Waals surface area contributed by atoms with Crippen LogP contribution in [0.15, 0.2) is 90.5 Å². The zero-order chi connectivity index (χ0) is 21.2. The summed E-state index contributed by atoms with van der Waals surface area (Å²) >= 11 is 0. The molecule has 0 amide bonds. The quantitative estimate of drug-likeness (QED) is 0.347. The Balaban J connectivity index is 1.93. The van der Waals surface area contributed by atoms with Crippen LogP contribution in [-0.4, -0.2) is 24.7 Å². The van der Waals surface area contributed by atoms with E-state index in [-0.39, 0.29) is 0 Å². The van der Waals surface area contributed by atoms with E-state index in [1.807, 2.05) is 0 Å². The van der Waals surface area contributed by atoms with Crippen LogP contribution in [0.5, 0.6) is 5.75 Å². The lowest BCUT2D eigenvalue weighted by atomic mass is 9.88. The number of hydrogen-bond acceptors (Lipinski definition) is 2. The molecule has 0 saturated heterocycles. The van der Waals surface area contributed by atoms with E-state index >= 15 is 0 Å². The van der Waals surface area contributed by atoms with Gasteiger partial charge in [-0.1, -0.05) is 99.1 Å². The number of benzene rings is 3. The van der Waals surface area contributed by atoms with Gasteiger partial charge in [0.15, 0.2) is 0 Å². The van der Waals surface area contributed by atoms with E-state index in [0.29, 0.717) is 6.73 Å². The summed E-state index contributed by atoms with van der Waals surface area (Å²) in [7, 11) is 0. The Morgan fingerprint density at radius 1 is 0.700 bits per heavy atom. The number of allylic oxidation sites excluding steroid dienone is 1. The normalized spacial score (nSPS) is 12.0. The number of rotatable bonds is 10. The van der Waals surface area contributed by atoms with Gasteiger partial charge in [-0.15, -0.1) is 0 Å². The van der Waals surface area contributed by atoms with Crippen LogP contribution in [0.25, 0.3) is 5.57 Å². The molecule has 30 heavy (non-hydrogen) atoms. The molecule has 3 rings (SSSR count). The second-order valence-corrected chi connectivity index (χ2v) is 7.46. The summed E-state index contributed by atoms with van der Waals surface area (Å²) in [6.07, 6.45) is 1.97. The minimum atomic E-state index is 0.627. The number of nitrogens with zero attached hydrogens (tertiary/aromatic N) is 1. The summed E-state index contributed by atoms with van der Waals surface area (Å²) in [4.78, 5) is 2.26. The lowest BCUT2D eigenvalue weighted by molar-refractivity contribution is 0.137. The van der Waals surface area contributed by atoms with Crippen LogP contribution in [0.1, 0.15) is 43.9 Å². The molecule has 0 spiro atoms. The van der Waals surface area contributed by atoms with E-state index in [1.165, 1.54) is 27.8 Å². The minimum absolute atomic E-state index is 0.627. The van der Waals surface area contributed by atoms with Gasteiger partial charge in [-0.25, -0.2) is 0 Å². The van der Waals surface area contributed by atoms with Crippen molar-refractivity contribution < 1.29 is 4.74 Å². The van der Waals surface area contributed by atoms with Crippen LogP contribution < -0.4 is 4.74 Å². The molecular formula is C28H33NO. The Bertz CT molecular complexity index is 910. The zero-order valence-corrected chi connectivity index (χ0v) is 18.5. The van der Waals surface area contributed by atoms with E-state index in [2.05, 4.69) is 111 Å². The Morgan fingerprint density at radius 3 is 1.83 bits per heavy atom. The van der Waals surface area contributed by atoms with Gasteiger partial charge in [0, 0.05) is 0 Å². The number of hydrogen-bond donors (Lipinski definition) is 0. The van der Waals surface area contributed by atoms with Gasteiger partial charge in [0.1, 0.15) is 12.5 Å². The van der Waals surface area contributed by atoms with Crippen LogP contribution >= 0.6 is 0 Å². The fourth-order valence-electron chi connectivity index (χ4n) is 3.70. The van der Waals surface area contributed by atoms with Crippen molar-refractivity contribution >= 4 is 5.57 Å². The highest BCUT2D eigenvalue weighted by Gasteiger charge is 2.12. The molecule has 0 radical (unpaired) electrons. The maximum absolute atomic E-state index is 5.98. The van der Waals surface area contributed by atoms with Crippen molar-refractivity contribution in [2.45, 2.75) is 33.6 Å². The predicted octanol–water partition coefficient (Wildman–Crippen LogP) is 6.82. The Kier molecular flexibility index (Phi) is 8.29. The van der Waals surface area contributed by atoms with Gasteiger partial charge < -0.3 is 4.74 Å². The fraction of sp³-hybridized carbons (Fsp3) is 0.286. The van der Waals surface area contributed by atoms with Gasteiger partial charge in [-0.3, -0.25) is 4.90 Å². The van der Waals surface area contributed by atoms with Gasteiger partial charge in [0.05, 0.1) is 0 Å². The van der Waals surface area contributed by atoms with E-state index in [0.717, 1.165) is 31.7 Å². The molecule has 0 heterocycles. The Labute approximate surface area is 181 Å². The van der Waals surface area contributed by atoms with Crippen LogP contribution in [0.3, 0.4) is 0 Å². The Hall–Kier alpha value is -2.84. The summed E-state index contributed by atoms with van der Waals surface area (Å²) in [6.45, 7) is 9.19. The lowest BCUT2D eigenvalue weighted by Gasteiger charge is -2.19. The molecule has 0 aromatic heterocycles. The third-order valence-electron chi connectivity index (χ3n) is 5.55. The SMILES string of the molecule is CC/C(Cc1ccccc1)=C(\c1ccccc1)c1ccc(OCN(CC)CC)cc1. The monoisotopic (exact) mass is 399 g/mol. The molecule has 0 aliphatic heterocycles. The molecule has 0 unspecified atom stereocenters. The van der Waals surface area contributed by atoms with E-state index in [9.17, 15) is 0 Å². The summed E-state index contributed by atoms with van der Waals surface area (Å²) < 4.78 is 5.98. The highest BCUT2D eigenvalue weighted by molar-refractivity contribution is 5.82. The zero-order valence-electron chi connectivity index (χ0n) is 18.5. The molecule has 0 fully saturated rings. The molecule has 156 valence electrons. The first-order valence-corrected chi connectivity index (χ1v) is 11.0. The first-order valence-electron chi connectivity index (χ1n) is 11.0. The van der Waals surface area contributed by atoms with E-state index in [1.54, 1.807) is 0 Å². The van der Waals surface area contributed by atoms with Crippen LogP contribution in [-0.2, 0) is 6.42 Å². The van der Waals surface area contributed by atoms with Gasteiger partial charge >= 0.3 is 0 Å². The van der Waals surface area contributed by atoms with Crippen LogP contribution in [0.2, 0.25) is 0 Å². The summed E-state index contributed by atoms with van der Waals surface area (Å²) in [5.74, 6) is 0.916. The maximum Gasteiger partial charge on any atom is 0.142 e. The van der Waals surface area contributed by atoms with Gasteiger partial charge in [0.25, 0.3) is 0 Å². The van der Waals surface area contributed by atoms with E-state index in [4.69, 9.17) is 4.74 Å². The summed E-state index contributed by atoms with van der Waals surface area (Å²) in [5, 5.41) is 0. The smallest absolute Gasteiger partial charge is 0.142 e. The summed E-state index contributed by atoms with van der Waals surface area (Å²) in [6, 6.07) is 30.0. The first kappa shape index (κ1) is 21.9. The maximum atomic E-state index is 5.98. The molecular weight excluding hydrogens is 366 g/mol. The lowest BCUT2D eigenvalue weighted by Crippen LogP contribution is -2.27. The molecule has 2 heteroatoms.